The maximum absolute atomic E-state index is 10.4. The molecule has 0 amide bonds. The Hall–Kier alpha value is -1.79. The van der Waals surface area contributed by atoms with Gasteiger partial charge in [-0.1, -0.05) is 18.2 Å². The SMILES string of the molecule is O=[N+]([O-])c1ccc(/C=N/NC([S-])=Nc2ccccc2)o1.[Cl-].[Pd+2]. The number of halogens is 1. The molecule has 1 N–H and O–H groups in total. The molecular weight excluding hydrogens is 422 g/mol. The minimum Gasteiger partial charge on any atom is -1.00 e. The number of rotatable bonds is 4. The van der Waals surface area contributed by atoms with Crippen LogP contribution in [0.1, 0.15) is 5.76 Å². The second-order valence-electron chi connectivity index (χ2n) is 3.56. The number of nitro groups is 1. The van der Waals surface area contributed by atoms with Gasteiger partial charge in [-0.25, -0.2) is 0 Å². The van der Waals surface area contributed by atoms with Crippen LogP contribution in [0.2, 0.25) is 0 Å². The number of furan rings is 1. The van der Waals surface area contributed by atoms with E-state index in [9.17, 15) is 10.1 Å². The second kappa shape index (κ2) is 10.0. The predicted molar refractivity (Wildman–Crippen MR) is 77.0 cm³/mol. The van der Waals surface area contributed by atoms with Gasteiger partial charge in [-0.2, -0.15) is 5.10 Å². The maximum atomic E-state index is 10.4. The first-order valence-corrected chi connectivity index (χ1v) is 5.90. The third-order valence-corrected chi connectivity index (χ3v) is 2.31. The van der Waals surface area contributed by atoms with Crippen molar-refractivity contribution in [2.45, 2.75) is 0 Å². The first kappa shape index (κ1) is 20.2. The summed E-state index contributed by atoms with van der Waals surface area (Å²) < 4.78 is 4.88. The van der Waals surface area contributed by atoms with E-state index in [4.69, 9.17) is 17.0 Å². The van der Waals surface area contributed by atoms with Crippen molar-refractivity contribution >= 4 is 35.6 Å². The van der Waals surface area contributed by atoms with Crippen molar-refractivity contribution in [3.05, 3.63) is 58.3 Å². The van der Waals surface area contributed by atoms with E-state index in [2.05, 4.69) is 15.5 Å². The van der Waals surface area contributed by atoms with Gasteiger partial charge in [-0.15, -0.1) is 0 Å². The van der Waals surface area contributed by atoms with Crippen molar-refractivity contribution in [3.63, 3.8) is 0 Å². The number of nitrogens with one attached hydrogen (secondary N) is 1. The normalized spacial score (nSPS) is 10.6. The van der Waals surface area contributed by atoms with Crippen molar-refractivity contribution in [2.75, 3.05) is 0 Å². The Morgan fingerprint density at radius 2 is 1.95 bits per heavy atom. The van der Waals surface area contributed by atoms with Gasteiger partial charge in [0.1, 0.15) is 4.92 Å². The van der Waals surface area contributed by atoms with Crippen molar-refractivity contribution in [3.8, 4) is 0 Å². The average Bonchev–Trinajstić information content (AvgIpc) is 2.89. The van der Waals surface area contributed by atoms with E-state index in [1.54, 1.807) is 12.1 Å². The third-order valence-electron chi connectivity index (χ3n) is 2.13. The van der Waals surface area contributed by atoms with E-state index < -0.39 is 4.92 Å². The molecule has 0 spiro atoms. The van der Waals surface area contributed by atoms with Crippen LogP contribution in [0.15, 0.2) is 57.0 Å². The maximum Gasteiger partial charge on any atom is 2.00 e. The van der Waals surface area contributed by atoms with E-state index in [1.165, 1.54) is 18.3 Å². The Labute approximate surface area is 151 Å². The van der Waals surface area contributed by atoms with Gasteiger partial charge in [0.25, 0.3) is 0 Å². The van der Waals surface area contributed by atoms with E-state index in [0.717, 1.165) is 0 Å². The van der Waals surface area contributed by atoms with Crippen molar-refractivity contribution in [1.29, 1.82) is 0 Å². The van der Waals surface area contributed by atoms with Gasteiger partial charge < -0.3 is 29.5 Å². The van der Waals surface area contributed by atoms with Gasteiger partial charge in [-0.3, -0.25) is 20.5 Å². The molecule has 0 bridgehead atoms. The number of hydrogen-bond donors (Lipinski definition) is 1. The van der Waals surface area contributed by atoms with Crippen LogP contribution in [0.3, 0.4) is 0 Å². The van der Waals surface area contributed by atoms with Crippen molar-refractivity contribution < 1.29 is 42.2 Å². The van der Waals surface area contributed by atoms with E-state index in [0.29, 0.717) is 5.69 Å². The summed E-state index contributed by atoms with van der Waals surface area (Å²) in [4.78, 5) is 13.9. The zero-order chi connectivity index (χ0) is 14.4. The fourth-order valence-electron chi connectivity index (χ4n) is 1.31. The molecule has 22 heavy (non-hydrogen) atoms. The molecule has 2 rings (SSSR count). The molecular formula is C12H9ClN4O3PdS. The van der Waals surface area contributed by atoms with Crippen LogP contribution in [-0.4, -0.2) is 16.3 Å². The van der Waals surface area contributed by atoms with Crippen LogP contribution < -0.4 is 17.8 Å². The minimum atomic E-state index is -0.625. The molecule has 2 aromatic rings. The summed E-state index contributed by atoms with van der Waals surface area (Å²) in [5, 5.41) is 14.4. The molecule has 0 unspecified atom stereocenters. The molecule has 118 valence electrons. The van der Waals surface area contributed by atoms with Crippen molar-refractivity contribution in [2.24, 2.45) is 10.1 Å². The van der Waals surface area contributed by atoms with Gasteiger partial charge in [0.2, 0.25) is 0 Å². The van der Waals surface area contributed by atoms with Gasteiger partial charge in [0.15, 0.2) is 5.76 Å². The summed E-state index contributed by atoms with van der Waals surface area (Å²) in [7, 11) is 0. The predicted octanol–water partition coefficient (Wildman–Crippen LogP) is -0.653. The standard InChI is InChI=1S/C12H10N4O3S.ClH.Pd/c17-16(18)11-7-6-10(19-11)8-13-15-12(20)14-9-4-2-1-3-5-9;;/h1-8H,(H2,14,15,20);1H;/q;;+2/p-2/b13-8+;;. The number of nitrogens with zero attached hydrogens (tertiary/aromatic N) is 3. The van der Waals surface area contributed by atoms with Gasteiger partial charge in [-0.05, 0) is 18.2 Å². The summed E-state index contributed by atoms with van der Waals surface area (Å²) in [6.45, 7) is 0. The summed E-state index contributed by atoms with van der Waals surface area (Å²) in [5.41, 5.74) is 3.23. The Morgan fingerprint density at radius 3 is 2.55 bits per heavy atom. The molecule has 0 saturated carbocycles. The van der Waals surface area contributed by atoms with Crippen LogP contribution in [-0.2, 0) is 33.1 Å². The van der Waals surface area contributed by atoms with Gasteiger partial charge in [0, 0.05) is 5.17 Å². The second-order valence-corrected chi connectivity index (χ2v) is 3.94. The molecule has 1 aromatic carbocycles. The Bertz CT molecular complexity index is 663. The molecule has 0 fully saturated rings. The smallest absolute Gasteiger partial charge is 1.00 e. The monoisotopic (exact) mass is 430 g/mol. The van der Waals surface area contributed by atoms with Crippen LogP contribution in [0, 0.1) is 10.1 Å². The Balaban J connectivity index is 0.00000220. The molecule has 1 aromatic heterocycles. The largest absolute Gasteiger partial charge is 2.00 e. The van der Waals surface area contributed by atoms with Crippen molar-refractivity contribution in [1.82, 2.24) is 5.43 Å². The number of aliphatic imine (C=N–C) groups is 1. The zero-order valence-electron chi connectivity index (χ0n) is 10.8. The number of hydrogen-bond acceptors (Lipinski definition) is 6. The number of para-hydroxylation sites is 1. The molecule has 1 heterocycles. The topological polar surface area (TPSA) is 93.0 Å². The van der Waals surface area contributed by atoms with Crippen LogP contribution in [0.5, 0.6) is 0 Å². The first-order valence-electron chi connectivity index (χ1n) is 5.49. The van der Waals surface area contributed by atoms with Gasteiger partial charge in [0.05, 0.1) is 18.0 Å². The Morgan fingerprint density at radius 1 is 1.27 bits per heavy atom. The zero-order valence-corrected chi connectivity index (χ0v) is 13.9. The summed E-state index contributed by atoms with van der Waals surface area (Å²) >= 11 is 4.97. The van der Waals surface area contributed by atoms with E-state index >= 15 is 0 Å². The molecule has 0 aliphatic carbocycles. The third kappa shape index (κ3) is 6.32. The molecule has 7 nitrogen and oxygen atoms in total. The quantitative estimate of drug-likeness (QED) is 0.174. The summed E-state index contributed by atoms with van der Waals surface area (Å²) in [5.74, 6) is -0.102. The minimum absolute atomic E-state index is 0. The molecule has 0 atom stereocenters. The summed E-state index contributed by atoms with van der Waals surface area (Å²) in [6, 6.07) is 11.8. The van der Waals surface area contributed by atoms with Crippen LogP contribution in [0.25, 0.3) is 0 Å². The molecule has 0 radical (unpaired) electrons. The summed E-state index contributed by atoms with van der Waals surface area (Å²) in [6.07, 6.45) is 1.28. The molecule has 0 aliphatic heterocycles. The number of benzene rings is 1. The number of hydrazone groups is 1. The fourth-order valence-corrected chi connectivity index (χ4v) is 1.46. The number of amidine groups is 1. The fraction of sp³-hybridized carbons (Fsp3) is 0. The first-order chi connectivity index (χ1) is 9.65. The van der Waals surface area contributed by atoms with Crippen LogP contribution >= 0.6 is 0 Å². The van der Waals surface area contributed by atoms with Gasteiger partial charge >= 0.3 is 26.3 Å². The Kier molecular flexibility index (Phi) is 9.21. The van der Waals surface area contributed by atoms with E-state index in [-0.39, 0.29) is 49.6 Å². The molecule has 0 saturated heterocycles. The van der Waals surface area contributed by atoms with E-state index in [1.807, 2.05) is 18.2 Å². The van der Waals surface area contributed by atoms with Crippen LogP contribution in [0.4, 0.5) is 11.6 Å². The average molecular weight is 431 g/mol. The molecule has 10 heteroatoms. The molecule has 0 aliphatic rings.